The fourth-order valence-electron chi connectivity index (χ4n) is 6.02. The van der Waals surface area contributed by atoms with Crippen molar-refractivity contribution in [1.29, 1.82) is 0 Å². The molecule has 0 unspecified atom stereocenters. The van der Waals surface area contributed by atoms with Crippen LogP contribution < -0.4 is 9.64 Å². The average Bonchev–Trinajstić information content (AvgIpc) is 3.54. The van der Waals surface area contributed by atoms with E-state index in [9.17, 15) is 26.3 Å². The fourth-order valence-corrected chi connectivity index (χ4v) is 6.73. The van der Waals surface area contributed by atoms with Crippen LogP contribution in [0.3, 0.4) is 0 Å². The van der Waals surface area contributed by atoms with E-state index in [-0.39, 0.29) is 42.0 Å². The van der Waals surface area contributed by atoms with Gasteiger partial charge in [-0.3, -0.25) is 0 Å². The largest absolute Gasteiger partial charge is 0.496 e. The van der Waals surface area contributed by atoms with Crippen LogP contribution in [0.1, 0.15) is 80.7 Å². The van der Waals surface area contributed by atoms with Gasteiger partial charge >= 0.3 is 12.4 Å². The highest BCUT2D eigenvalue weighted by Gasteiger charge is 2.37. The molecule has 0 amide bonds. The molecule has 0 bridgehead atoms. The summed E-state index contributed by atoms with van der Waals surface area (Å²) in [6.45, 7) is 8.45. The second-order valence-electron chi connectivity index (χ2n) is 13.1. The fraction of sp³-hybridized carbons (Fsp3) is 0.389. The second-order valence-corrected chi connectivity index (χ2v) is 14.0. The Bertz CT molecular complexity index is 1690. The van der Waals surface area contributed by atoms with Crippen LogP contribution in [0.25, 0.3) is 16.0 Å². The summed E-state index contributed by atoms with van der Waals surface area (Å²) in [5, 5.41) is 1.92. The number of hydrogen-bond donors (Lipinski definition) is 0. The molecule has 1 aliphatic carbocycles. The molecule has 4 aromatic rings. The molecule has 0 N–H and O–H groups in total. The van der Waals surface area contributed by atoms with E-state index >= 15 is 0 Å². The smallest absolute Gasteiger partial charge is 0.416 e. The second kappa shape index (κ2) is 13.3. The van der Waals surface area contributed by atoms with E-state index in [1.807, 2.05) is 29.6 Å². The van der Waals surface area contributed by atoms with Crippen molar-refractivity contribution in [2.45, 2.75) is 71.8 Å². The van der Waals surface area contributed by atoms with Crippen LogP contribution in [0.15, 0.2) is 71.9 Å². The van der Waals surface area contributed by atoms with Gasteiger partial charge in [0.05, 0.1) is 18.2 Å². The van der Waals surface area contributed by atoms with Crippen LogP contribution in [0, 0.1) is 5.41 Å². The van der Waals surface area contributed by atoms with Crippen molar-refractivity contribution in [3.05, 3.63) is 99.7 Å². The highest BCUT2D eigenvalue weighted by Crippen LogP contribution is 2.46. The minimum atomic E-state index is -4.96. The van der Waals surface area contributed by atoms with E-state index in [0.29, 0.717) is 12.2 Å². The molecule has 0 fully saturated rings. The maximum absolute atomic E-state index is 13.8. The number of thiophene rings is 1. The molecule has 0 spiro atoms. The van der Waals surface area contributed by atoms with E-state index in [4.69, 9.17) is 4.74 Å². The van der Waals surface area contributed by atoms with Gasteiger partial charge in [0, 0.05) is 41.5 Å². The van der Waals surface area contributed by atoms with Gasteiger partial charge in [-0.2, -0.15) is 26.3 Å². The Morgan fingerprint density at radius 1 is 0.915 bits per heavy atom. The molecule has 5 rings (SSSR count). The first-order valence-corrected chi connectivity index (χ1v) is 16.2. The zero-order valence-electron chi connectivity index (χ0n) is 26.9. The van der Waals surface area contributed by atoms with Gasteiger partial charge in [-0.05, 0) is 94.6 Å². The summed E-state index contributed by atoms with van der Waals surface area (Å²) in [6.07, 6.45) is -4.37. The Balaban J connectivity index is 1.64. The first-order valence-electron chi connectivity index (χ1n) is 15.3. The summed E-state index contributed by atoms with van der Waals surface area (Å²) in [5.41, 5.74) is 1.96. The quantitative estimate of drug-likeness (QED) is 0.166. The van der Waals surface area contributed by atoms with Gasteiger partial charge < -0.3 is 9.64 Å². The molecular formula is C36H37F6N3OS. The molecule has 11 heteroatoms. The summed E-state index contributed by atoms with van der Waals surface area (Å²) >= 11 is 1.51. The van der Waals surface area contributed by atoms with E-state index in [1.54, 1.807) is 24.4 Å². The lowest BCUT2D eigenvalue weighted by Gasteiger charge is -2.36. The number of halogens is 6. The van der Waals surface area contributed by atoms with E-state index in [1.165, 1.54) is 11.3 Å². The molecule has 0 radical (unpaired) electrons. The third-order valence-electron chi connectivity index (χ3n) is 8.52. The van der Waals surface area contributed by atoms with Gasteiger partial charge in [-0.15, -0.1) is 11.3 Å². The molecule has 250 valence electrons. The molecule has 0 aliphatic heterocycles. The number of methoxy groups -OCH3 is 1. The number of rotatable bonds is 9. The number of benzene rings is 2. The van der Waals surface area contributed by atoms with Gasteiger partial charge in [0.2, 0.25) is 5.95 Å². The lowest BCUT2D eigenvalue weighted by molar-refractivity contribution is -0.143. The molecule has 47 heavy (non-hydrogen) atoms. The van der Waals surface area contributed by atoms with Crippen molar-refractivity contribution in [2.75, 3.05) is 18.6 Å². The van der Waals surface area contributed by atoms with Crippen molar-refractivity contribution in [1.82, 2.24) is 9.97 Å². The number of nitrogens with zero attached hydrogens (tertiary/aromatic N) is 3. The highest BCUT2D eigenvalue weighted by atomic mass is 32.1. The third kappa shape index (κ3) is 8.17. The van der Waals surface area contributed by atoms with Crippen molar-refractivity contribution < 1.29 is 31.1 Å². The predicted molar refractivity (Wildman–Crippen MR) is 174 cm³/mol. The Morgan fingerprint density at radius 2 is 1.57 bits per heavy atom. The number of ether oxygens (including phenoxy) is 1. The number of alkyl halides is 6. The van der Waals surface area contributed by atoms with Crippen LogP contribution in [-0.4, -0.2) is 23.6 Å². The molecule has 1 aliphatic rings. The molecule has 0 atom stereocenters. The third-order valence-corrected chi connectivity index (χ3v) is 9.43. The maximum atomic E-state index is 13.8. The zero-order chi connectivity index (χ0) is 34.1. The van der Waals surface area contributed by atoms with E-state index in [0.717, 1.165) is 57.7 Å². The highest BCUT2D eigenvalue weighted by molar-refractivity contribution is 7.13. The van der Waals surface area contributed by atoms with Crippen LogP contribution in [0.4, 0.5) is 32.3 Å². The SMILES string of the molecule is COc1ccc(C(C)C)cc1C1=C(CN(Cc2cc(C(F)(F)F)cc(C(F)(F)F)c2)c2ncc(-c3cccs3)cn2)CC(C)(C)CC1. The van der Waals surface area contributed by atoms with Crippen molar-refractivity contribution in [3.63, 3.8) is 0 Å². The topological polar surface area (TPSA) is 38.2 Å². The molecule has 2 aromatic heterocycles. The van der Waals surface area contributed by atoms with Crippen molar-refractivity contribution in [3.8, 4) is 16.2 Å². The van der Waals surface area contributed by atoms with Crippen molar-refractivity contribution >= 4 is 22.9 Å². The van der Waals surface area contributed by atoms with Crippen LogP contribution in [-0.2, 0) is 18.9 Å². The molecule has 4 nitrogen and oxygen atoms in total. The molecule has 2 aromatic carbocycles. The van der Waals surface area contributed by atoms with E-state index < -0.39 is 23.5 Å². The Labute approximate surface area is 275 Å². The Kier molecular flexibility index (Phi) is 9.78. The average molecular weight is 674 g/mol. The van der Waals surface area contributed by atoms with Gasteiger partial charge in [-0.1, -0.05) is 39.8 Å². The molecule has 0 saturated carbocycles. The molecular weight excluding hydrogens is 636 g/mol. The summed E-state index contributed by atoms with van der Waals surface area (Å²) in [5.74, 6) is 1.17. The predicted octanol–water partition coefficient (Wildman–Crippen LogP) is 11.0. The van der Waals surface area contributed by atoms with E-state index in [2.05, 4.69) is 43.7 Å². The lowest BCUT2D eigenvalue weighted by Crippen LogP contribution is -2.31. The van der Waals surface area contributed by atoms with Crippen LogP contribution in [0.5, 0.6) is 5.75 Å². The number of anilines is 1. The Hall–Kier alpha value is -3.86. The van der Waals surface area contributed by atoms with Crippen LogP contribution in [0.2, 0.25) is 0 Å². The summed E-state index contributed by atoms with van der Waals surface area (Å²) < 4.78 is 88.6. The minimum Gasteiger partial charge on any atom is -0.496 e. The number of allylic oxidation sites excluding steroid dienone is 1. The Morgan fingerprint density at radius 3 is 2.13 bits per heavy atom. The zero-order valence-corrected chi connectivity index (χ0v) is 27.7. The summed E-state index contributed by atoms with van der Waals surface area (Å²) in [4.78, 5) is 11.8. The number of hydrogen-bond acceptors (Lipinski definition) is 5. The first-order chi connectivity index (χ1) is 22.0. The summed E-state index contributed by atoms with van der Waals surface area (Å²) in [7, 11) is 1.61. The molecule has 2 heterocycles. The number of aromatic nitrogens is 2. The molecule has 0 saturated heterocycles. The summed E-state index contributed by atoms with van der Waals surface area (Å²) in [6, 6.07) is 11.6. The van der Waals surface area contributed by atoms with Gasteiger partial charge in [-0.25, -0.2) is 9.97 Å². The van der Waals surface area contributed by atoms with Gasteiger partial charge in [0.25, 0.3) is 0 Å². The van der Waals surface area contributed by atoms with Crippen molar-refractivity contribution in [2.24, 2.45) is 5.41 Å². The normalized spacial score (nSPS) is 15.3. The first kappa shape index (κ1) is 34.5. The van der Waals surface area contributed by atoms with Gasteiger partial charge in [0.1, 0.15) is 5.75 Å². The standard InChI is InChI=1S/C36H37F6N3OS/c1-22(2)24-8-9-31(46-5)30(15-24)29-10-11-34(3,4)17-25(29)21-45(33-43-18-26(19-44-33)32-7-6-12-47-32)20-23-13-27(35(37,38)39)16-28(14-23)36(40,41)42/h6-9,12-16,18-19,22H,10-11,17,20-21H2,1-5H3. The minimum absolute atomic E-state index is 0.0864. The lowest BCUT2D eigenvalue weighted by atomic mass is 9.72. The maximum Gasteiger partial charge on any atom is 0.416 e. The monoisotopic (exact) mass is 673 g/mol. The van der Waals surface area contributed by atoms with Crippen LogP contribution >= 0.6 is 11.3 Å². The van der Waals surface area contributed by atoms with Gasteiger partial charge in [0.15, 0.2) is 0 Å².